The van der Waals surface area contributed by atoms with Crippen molar-refractivity contribution in [2.75, 3.05) is 38.0 Å². The minimum absolute atomic E-state index is 0.0302. The van der Waals surface area contributed by atoms with E-state index in [1.165, 1.54) is 0 Å². The molecule has 2 N–H and O–H groups in total. The smallest absolute Gasteiger partial charge is 0.242 e. The van der Waals surface area contributed by atoms with Crippen LogP contribution in [0.4, 0.5) is 5.69 Å². The molecule has 30 heavy (non-hydrogen) atoms. The van der Waals surface area contributed by atoms with Crippen LogP contribution in [-0.4, -0.2) is 69.1 Å². The molecule has 0 unspecified atom stereocenters. The molecule has 2 amide bonds. The maximum Gasteiger partial charge on any atom is 0.242 e. The first-order valence-electron chi connectivity index (χ1n) is 10.4. The number of piperazine rings is 1. The molecular formula is C21H30N6O2S. The lowest BCUT2D eigenvalue weighted by atomic mass is 10.1. The standard InChI is InChI=1S/C21H30N6O2S/c1-4-6-18-23-24-21(30)27(18)14-20(29)26-11-9-25(10-12-26)13-19(28)22-17-8-5-7-15(2)16(17)3/h5,7-8H,4,6,9-14H2,1-3H3,(H,22,28)(H,24,30). The highest BCUT2D eigenvalue weighted by Gasteiger charge is 2.23. The zero-order valence-corrected chi connectivity index (χ0v) is 18.7. The van der Waals surface area contributed by atoms with E-state index >= 15 is 0 Å². The van der Waals surface area contributed by atoms with Gasteiger partial charge in [-0.1, -0.05) is 19.1 Å². The van der Waals surface area contributed by atoms with Gasteiger partial charge < -0.3 is 10.2 Å². The van der Waals surface area contributed by atoms with Gasteiger partial charge in [0.05, 0.1) is 6.54 Å². The summed E-state index contributed by atoms with van der Waals surface area (Å²) in [6.07, 6.45) is 1.72. The second kappa shape index (κ2) is 9.99. The normalized spacial score (nSPS) is 14.7. The number of H-pyrrole nitrogens is 1. The third kappa shape index (κ3) is 5.34. The van der Waals surface area contributed by atoms with Crippen LogP contribution in [0.5, 0.6) is 0 Å². The maximum atomic E-state index is 12.7. The summed E-state index contributed by atoms with van der Waals surface area (Å²) in [5.74, 6) is 0.819. The van der Waals surface area contributed by atoms with Gasteiger partial charge in [-0.05, 0) is 49.7 Å². The number of hydrogen-bond donors (Lipinski definition) is 2. The Morgan fingerprint density at radius 1 is 1.17 bits per heavy atom. The minimum Gasteiger partial charge on any atom is -0.339 e. The van der Waals surface area contributed by atoms with Crippen LogP contribution in [0.15, 0.2) is 18.2 Å². The molecule has 2 heterocycles. The van der Waals surface area contributed by atoms with Gasteiger partial charge in [0.25, 0.3) is 0 Å². The molecule has 1 aromatic carbocycles. The second-order valence-corrected chi connectivity index (χ2v) is 8.12. The van der Waals surface area contributed by atoms with Crippen LogP contribution in [0.3, 0.4) is 0 Å². The number of benzene rings is 1. The van der Waals surface area contributed by atoms with E-state index < -0.39 is 0 Å². The molecule has 0 aliphatic carbocycles. The van der Waals surface area contributed by atoms with Crippen molar-refractivity contribution in [1.29, 1.82) is 0 Å². The first kappa shape index (κ1) is 22.2. The van der Waals surface area contributed by atoms with E-state index in [9.17, 15) is 9.59 Å². The summed E-state index contributed by atoms with van der Waals surface area (Å²) < 4.78 is 2.26. The number of rotatable bonds is 7. The predicted molar refractivity (Wildman–Crippen MR) is 119 cm³/mol. The number of carbonyl (C=O) groups is 2. The van der Waals surface area contributed by atoms with Crippen LogP contribution in [0, 0.1) is 18.6 Å². The minimum atomic E-state index is -0.0302. The maximum absolute atomic E-state index is 12.7. The zero-order chi connectivity index (χ0) is 21.7. The summed E-state index contributed by atoms with van der Waals surface area (Å²) in [6, 6.07) is 5.90. The fourth-order valence-electron chi connectivity index (χ4n) is 3.60. The van der Waals surface area contributed by atoms with Crippen LogP contribution in [0.2, 0.25) is 0 Å². The van der Waals surface area contributed by atoms with E-state index in [0.29, 0.717) is 37.5 Å². The largest absolute Gasteiger partial charge is 0.339 e. The number of amides is 2. The van der Waals surface area contributed by atoms with Gasteiger partial charge in [0, 0.05) is 38.3 Å². The molecule has 0 bridgehead atoms. The lowest BCUT2D eigenvalue weighted by Crippen LogP contribution is -2.51. The molecule has 1 aromatic heterocycles. The molecule has 0 saturated carbocycles. The highest BCUT2D eigenvalue weighted by atomic mass is 32.1. The van der Waals surface area contributed by atoms with Gasteiger partial charge in [-0.25, -0.2) is 0 Å². The van der Waals surface area contributed by atoms with E-state index in [1.54, 1.807) is 4.57 Å². The Morgan fingerprint density at radius 3 is 2.60 bits per heavy atom. The molecule has 8 nitrogen and oxygen atoms in total. The molecule has 1 fully saturated rings. The van der Waals surface area contributed by atoms with Crippen LogP contribution in [0.1, 0.15) is 30.3 Å². The molecule has 2 aromatic rings. The molecule has 0 spiro atoms. The average Bonchev–Trinajstić information content (AvgIpc) is 3.06. The molecule has 0 radical (unpaired) electrons. The van der Waals surface area contributed by atoms with Gasteiger partial charge in [-0.2, -0.15) is 5.10 Å². The summed E-state index contributed by atoms with van der Waals surface area (Å²) >= 11 is 5.27. The van der Waals surface area contributed by atoms with Gasteiger partial charge in [0.15, 0.2) is 4.77 Å². The summed E-state index contributed by atoms with van der Waals surface area (Å²) in [6.45, 7) is 9.18. The van der Waals surface area contributed by atoms with E-state index in [1.807, 2.05) is 36.9 Å². The van der Waals surface area contributed by atoms with E-state index in [-0.39, 0.29) is 18.4 Å². The molecule has 1 saturated heterocycles. The summed E-state index contributed by atoms with van der Waals surface area (Å²) in [4.78, 5) is 29.1. The number of hydrogen-bond acceptors (Lipinski definition) is 5. The van der Waals surface area contributed by atoms with Crippen LogP contribution in [-0.2, 0) is 22.6 Å². The van der Waals surface area contributed by atoms with Crippen molar-refractivity contribution in [2.24, 2.45) is 0 Å². The van der Waals surface area contributed by atoms with Gasteiger partial charge in [0.1, 0.15) is 12.4 Å². The molecule has 1 aliphatic rings. The Kier molecular flexibility index (Phi) is 7.38. The van der Waals surface area contributed by atoms with Crippen LogP contribution >= 0.6 is 12.2 Å². The summed E-state index contributed by atoms with van der Waals surface area (Å²) in [7, 11) is 0. The Bertz CT molecular complexity index is 959. The molecule has 1 aliphatic heterocycles. The number of anilines is 1. The third-order valence-electron chi connectivity index (χ3n) is 5.58. The molecular weight excluding hydrogens is 400 g/mol. The molecule has 3 rings (SSSR count). The van der Waals surface area contributed by atoms with Crippen molar-refractivity contribution < 1.29 is 9.59 Å². The Hall–Kier alpha value is -2.52. The van der Waals surface area contributed by atoms with Gasteiger partial charge in [0.2, 0.25) is 11.8 Å². The van der Waals surface area contributed by atoms with Crippen LogP contribution < -0.4 is 5.32 Å². The van der Waals surface area contributed by atoms with Gasteiger partial charge >= 0.3 is 0 Å². The molecule has 9 heteroatoms. The zero-order valence-electron chi connectivity index (χ0n) is 17.9. The lowest BCUT2D eigenvalue weighted by Gasteiger charge is -2.34. The van der Waals surface area contributed by atoms with E-state index in [0.717, 1.165) is 35.5 Å². The average molecular weight is 431 g/mol. The van der Waals surface area contributed by atoms with Crippen LogP contribution in [0.25, 0.3) is 0 Å². The fourth-order valence-corrected chi connectivity index (χ4v) is 3.81. The van der Waals surface area contributed by atoms with Crippen molar-refractivity contribution in [3.63, 3.8) is 0 Å². The van der Waals surface area contributed by atoms with Crippen molar-refractivity contribution in [3.05, 3.63) is 39.9 Å². The number of aromatic amines is 1. The molecule has 0 atom stereocenters. The van der Waals surface area contributed by atoms with Crippen molar-refractivity contribution in [1.82, 2.24) is 24.6 Å². The van der Waals surface area contributed by atoms with Crippen molar-refractivity contribution in [2.45, 2.75) is 40.2 Å². The number of aromatic nitrogens is 3. The van der Waals surface area contributed by atoms with E-state index in [2.05, 4.69) is 27.3 Å². The van der Waals surface area contributed by atoms with Crippen molar-refractivity contribution in [3.8, 4) is 0 Å². The van der Waals surface area contributed by atoms with Gasteiger partial charge in [-0.15, -0.1) is 0 Å². The lowest BCUT2D eigenvalue weighted by molar-refractivity contribution is -0.133. The number of aryl methyl sites for hydroxylation is 2. The number of nitrogens with zero attached hydrogens (tertiary/aromatic N) is 4. The number of carbonyl (C=O) groups excluding carboxylic acids is 2. The first-order chi connectivity index (χ1) is 14.4. The summed E-state index contributed by atoms with van der Waals surface area (Å²) in [5.41, 5.74) is 3.09. The highest BCUT2D eigenvalue weighted by Crippen LogP contribution is 2.18. The third-order valence-corrected chi connectivity index (χ3v) is 5.89. The Labute approximate surface area is 182 Å². The quantitative estimate of drug-likeness (QED) is 0.659. The second-order valence-electron chi connectivity index (χ2n) is 7.73. The molecule has 162 valence electrons. The topological polar surface area (TPSA) is 86.3 Å². The Morgan fingerprint density at radius 2 is 1.90 bits per heavy atom. The van der Waals surface area contributed by atoms with Crippen molar-refractivity contribution >= 4 is 29.7 Å². The summed E-state index contributed by atoms with van der Waals surface area (Å²) in [5, 5.41) is 10.00. The first-order valence-corrected chi connectivity index (χ1v) is 10.8. The number of nitrogens with one attached hydrogen (secondary N) is 2. The fraction of sp³-hybridized carbons (Fsp3) is 0.524. The SMILES string of the molecule is CCCc1n[nH]c(=S)n1CC(=O)N1CCN(CC(=O)Nc2cccc(C)c2C)CC1. The highest BCUT2D eigenvalue weighted by molar-refractivity contribution is 7.71. The predicted octanol–water partition coefficient (Wildman–Crippen LogP) is 2.29. The monoisotopic (exact) mass is 430 g/mol. The van der Waals surface area contributed by atoms with Gasteiger partial charge in [-0.3, -0.25) is 24.2 Å². The Balaban J connectivity index is 1.49. The van der Waals surface area contributed by atoms with E-state index in [4.69, 9.17) is 12.2 Å².